The summed E-state index contributed by atoms with van der Waals surface area (Å²) in [6.07, 6.45) is -3.32. The summed E-state index contributed by atoms with van der Waals surface area (Å²) in [5.74, 6) is 0. The van der Waals surface area contributed by atoms with E-state index in [0.717, 1.165) is 18.2 Å². The monoisotopic (exact) mass is 277 g/mol. The molecule has 1 saturated carbocycles. The van der Waals surface area contributed by atoms with Crippen LogP contribution in [0.1, 0.15) is 18.4 Å². The zero-order chi connectivity index (χ0) is 13.2. The Kier molecular flexibility index (Phi) is 2.10. The summed E-state index contributed by atoms with van der Waals surface area (Å²) in [6, 6.07) is 2.74. The molecule has 1 aromatic rings. The molecular formula is C11H10F3NO2S. The number of benzene rings is 1. The lowest BCUT2D eigenvalue weighted by Gasteiger charge is -2.26. The van der Waals surface area contributed by atoms with Crippen LogP contribution < -0.4 is 5.32 Å². The fourth-order valence-corrected chi connectivity index (χ4v) is 4.28. The molecule has 0 amide bonds. The normalized spacial score (nSPS) is 23.3. The van der Waals surface area contributed by atoms with Crippen molar-refractivity contribution in [1.29, 1.82) is 0 Å². The summed E-state index contributed by atoms with van der Waals surface area (Å²) in [5.41, 5.74) is -0.780. The van der Waals surface area contributed by atoms with Crippen molar-refractivity contribution in [2.24, 2.45) is 0 Å². The van der Waals surface area contributed by atoms with Crippen LogP contribution in [0.25, 0.3) is 0 Å². The second-order valence-electron chi connectivity index (χ2n) is 4.75. The quantitative estimate of drug-likeness (QED) is 0.792. The molecule has 0 unspecified atom stereocenters. The van der Waals surface area contributed by atoms with Crippen molar-refractivity contribution in [2.75, 3.05) is 11.9 Å². The molecule has 0 saturated heterocycles. The van der Waals surface area contributed by atoms with Gasteiger partial charge < -0.3 is 5.32 Å². The minimum Gasteiger partial charge on any atom is -0.382 e. The van der Waals surface area contributed by atoms with Gasteiger partial charge in [-0.25, -0.2) is 8.42 Å². The first-order chi connectivity index (χ1) is 8.26. The highest BCUT2D eigenvalue weighted by Crippen LogP contribution is 2.51. The minimum atomic E-state index is -4.46. The molecule has 1 aromatic carbocycles. The average Bonchev–Trinajstić information content (AvgIpc) is 3.04. The van der Waals surface area contributed by atoms with Crippen molar-refractivity contribution in [1.82, 2.24) is 0 Å². The number of alkyl halides is 3. The lowest BCUT2D eigenvalue weighted by atomic mass is 10.2. The topological polar surface area (TPSA) is 46.2 Å². The van der Waals surface area contributed by atoms with Crippen LogP contribution in [0.5, 0.6) is 0 Å². The van der Waals surface area contributed by atoms with Crippen molar-refractivity contribution in [2.45, 2.75) is 28.7 Å². The van der Waals surface area contributed by atoms with Crippen molar-refractivity contribution >= 4 is 15.5 Å². The molecular weight excluding hydrogens is 267 g/mol. The average molecular weight is 277 g/mol. The van der Waals surface area contributed by atoms with Gasteiger partial charge in [-0.15, -0.1) is 0 Å². The molecule has 98 valence electrons. The Morgan fingerprint density at radius 3 is 2.44 bits per heavy atom. The van der Waals surface area contributed by atoms with Gasteiger partial charge in [-0.2, -0.15) is 13.2 Å². The first-order valence-corrected chi connectivity index (χ1v) is 6.94. The van der Waals surface area contributed by atoms with Gasteiger partial charge in [-0.1, -0.05) is 0 Å². The molecule has 3 rings (SSSR count). The van der Waals surface area contributed by atoms with Gasteiger partial charge in [0.2, 0.25) is 0 Å². The second-order valence-corrected chi connectivity index (χ2v) is 7.06. The summed E-state index contributed by atoms with van der Waals surface area (Å²) >= 11 is 0. The number of sulfone groups is 1. The zero-order valence-corrected chi connectivity index (χ0v) is 10.0. The lowest BCUT2D eigenvalue weighted by Crippen LogP contribution is -2.36. The molecule has 2 aliphatic rings. The van der Waals surface area contributed by atoms with E-state index in [2.05, 4.69) is 5.32 Å². The molecule has 0 atom stereocenters. The highest BCUT2D eigenvalue weighted by atomic mass is 32.2. The van der Waals surface area contributed by atoms with Crippen LogP contribution in [0.15, 0.2) is 23.1 Å². The molecule has 0 aromatic heterocycles. The zero-order valence-electron chi connectivity index (χ0n) is 9.21. The van der Waals surface area contributed by atoms with Crippen molar-refractivity contribution in [3.8, 4) is 0 Å². The summed E-state index contributed by atoms with van der Waals surface area (Å²) in [5, 5.41) is 2.80. The molecule has 0 bridgehead atoms. The van der Waals surface area contributed by atoms with Gasteiger partial charge in [0.05, 0.1) is 20.9 Å². The molecule has 1 spiro atoms. The molecule has 3 nitrogen and oxygen atoms in total. The maximum atomic E-state index is 12.5. The fourth-order valence-electron chi connectivity index (χ4n) is 2.25. The van der Waals surface area contributed by atoms with E-state index >= 15 is 0 Å². The third-order valence-corrected chi connectivity index (χ3v) is 6.20. The van der Waals surface area contributed by atoms with Crippen LogP contribution in [0.2, 0.25) is 0 Å². The van der Waals surface area contributed by atoms with Crippen LogP contribution in [0, 0.1) is 0 Å². The number of hydrogen-bond acceptors (Lipinski definition) is 3. The molecule has 0 radical (unpaired) electrons. The van der Waals surface area contributed by atoms with E-state index in [-0.39, 0.29) is 17.1 Å². The van der Waals surface area contributed by atoms with E-state index in [9.17, 15) is 21.6 Å². The second kappa shape index (κ2) is 3.20. The minimum absolute atomic E-state index is 0.0146. The van der Waals surface area contributed by atoms with E-state index in [4.69, 9.17) is 0 Å². The van der Waals surface area contributed by atoms with Crippen molar-refractivity contribution in [3.63, 3.8) is 0 Å². The Hall–Kier alpha value is -1.24. The van der Waals surface area contributed by atoms with E-state index in [1.807, 2.05) is 0 Å². The lowest BCUT2D eigenvalue weighted by molar-refractivity contribution is -0.137. The Morgan fingerprint density at radius 1 is 1.22 bits per heavy atom. The largest absolute Gasteiger partial charge is 0.416 e. The standard InChI is InChI=1S/C11H10F3NO2S/c12-11(13,14)7-1-2-9-8(5-7)15-6-10(3-4-10)18(9,16)17/h1-2,5,15H,3-4,6H2. The smallest absolute Gasteiger partial charge is 0.382 e. The summed E-state index contributed by atoms with van der Waals surface area (Å²) in [4.78, 5) is -0.0146. The van der Waals surface area contributed by atoms with Crippen LogP contribution in [-0.4, -0.2) is 19.7 Å². The fraction of sp³-hybridized carbons (Fsp3) is 0.455. The first-order valence-electron chi connectivity index (χ1n) is 5.46. The van der Waals surface area contributed by atoms with Crippen molar-refractivity contribution in [3.05, 3.63) is 23.8 Å². The van der Waals surface area contributed by atoms with Gasteiger partial charge in [0.15, 0.2) is 9.84 Å². The van der Waals surface area contributed by atoms with Gasteiger partial charge in [-0.3, -0.25) is 0 Å². The molecule has 1 aliphatic heterocycles. The number of halogens is 3. The van der Waals surface area contributed by atoms with E-state index in [1.54, 1.807) is 0 Å². The molecule has 18 heavy (non-hydrogen) atoms. The summed E-state index contributed by atoms with van der Waals surface area (Å²) in [6.45, 7) is 0.198. The number of fused-ring (bicyclic) bond motifs is 1. The van der Waals surface area contributed by atoms with Crippen LogP contribution in [-0.2, 0) is 16.0 Å². The molecule has 7 heteroatoms. The third-order valence-electron chi connectivity index (χ3n) is 3.58. The van der Waals surface area contributed by atoms with Crippen molar-refractivity contribution < 1.29 is 21.6 Å². The highest BCUT2D eigenvalue weighted by Gasteiger charge is 2.57. The predicted molar refractivity (Wildman–Crippen MR) is 59.1 cm³/mol. The maximum Gasteiger partial charge on any atom is 0.416 e. The SMILES string of the molecule is O=S1(=O)c2ccc(C(F)(F)F)cc2NCC12CC2. The highest BCUT2D eigenvalue weighted by molar-refractivity contribution is 7.93. The Labute approximate surface area is 102 Å². The maximum absolute atomic E-state index is 12.5. The van der Waals surface area contributed by atoms with Gasteiger partial charge in [0, 0.05) is 6.54 Å². The van der Waals surface area contributed by atoms with Gasteiger partial charge in [0.25, 0.3) is 0 Å². The predicted octanol–water partition coefficient (Wildman–Crippen LogP) is 2.44. The van der Waals surface area contributed by atoms with E-state index < -0.39 is 26.3 Å². The third kappa shape index (κ3) is 1.46. The Bertz CT molecular complexity index is 618. The molecule has 1 N–H and O–H groups in total. The summed E-state index contributed by atoms with van der Waals surface area (Å²) < 4.78 is 61.3. The Balaban J connectivity index is 2.14. The first kappa shape index (κ1) is 11.8. The number of hydrogen-bond donors (Lipinski definition) is 1. The van der Waals surface area contributed by atoms with Gasteiger partial charge in [-0.05, 0) is 31.0 Å². The van der Waals surface area contributed by atoms with Crippen LogP contribution >= 0.6 is 0 Å². The molecule has 1 fully saturated rings. The number of anilines is 1. The molecule has 1 aliphatic carbocycles. The van der Waals surface area contributed by atoms with Gasteiger partial charge >= 0.3 is 6.18 Å². The van der Waals surface area contributed by atoms with E-state index in [1.165, 1.54) is 0 Å². The van der Waals surface area contributed by atoms with E-state index in [0.29, 0.717) is 12.8 Å². The number of rotatable bonds is 0. The molecule has 1 heterocycles. The summed E-state index contributed by atoms with van der Waals surface area (Å²) in [7, 11) is -3.50. The van der Waals surface area contributed by atoms with Crippen LogP contribution in [0.4, 0.5) is 18.9 Å². The van der Waals surface area contributed by atoms with Gasteiger partial charge in [0.1, 0.15) is 0 Å². The Morgan fingerprint density at radius 2 is 1.89 bits per heavy atom. The van der Waals surface area contributed by atoms with Crippen LogP contribution in [0.3, 0.4) is 0 Å². The number of nitrogens with one attached hydrogen (secondary N) is 1.